The van der Waals surface area contributed by atoms with Gasteiger partial charge in [-0.15, -0.1) is 11.3 Å². The molecule has 1 unspecified atom stereocenters. The van der Waals surface area contributed by atoms with Crippen LogP contribution in [0.1, 0.15) is 37.5 Å². The number of hydrogen-bond donors (Lipinski definition) is 1. The summed E-state index contributed by atoms with van der Waals surface area (Å²) < 4.78 is 1.20. The van der Waals surface area contributed by atoms with E-state index in [-0.39, 0.29) is 0 Å². The van der Waals surface area contributed by atoms with Gasteiger partial charge in [0.1, 0.15) is 0 Å². The summed E-state index contributed by atoms with van der Waals surface area (Å²) in [6.07, 6.45) is 2.33. The zero-order chi connectivity index (χ0) is 10.6. The van der Waals surface area contributed by atoms with Crippen LogP contribution in [0.5, 0.6) is 0 Å². The summed E-state index contributed by atoms with van der Waals surface area (Å²) in [6.45, 7) is 5.37. The average Bonchev–Trinajstić information content (AvgIpc) is 2.52. The fourth-order valence-electron chi connectivity index (χ4n) is 1.66. The Morgan fingerprint density at radius 2 is 2.21 bits per heavy atom. The van der Waals surface area contributed by atoms with E-state index in [0.29, 0.717) is 11.8 Å². The number of thiophene rings is 1. The van der Waals surface area contributed by atoms with Gasteiger partial charge in [0.25, 0.3) is 0 Å². The highest BCUT2D eigenvalue weighted by Gasteiger charge is 2.16. The van der Waals surface area contributed by atoms with Gasteiger partial charge >= 0.3 is 0 Å². The van der Waals surface area contributed by atoms with Crippen molar-refractivity contribution in [1.29, 1.82) is 0 Å². The Morgan fingerprint density at radius 1 is 1.50 bits per heavy atom. The Balaban J connectivity index is 2.67. The smallest absolute Gasteiger partial charge is 0.0285 e. The summed E-state index contributed by atoms with van der Waals surface area (Å²) in [4.78, 5) is 1.49. The van der Waals surface area contributed by atoms with E-state index in [0.717, 1.165) is 13.0 Å². The van der Waals surface area contributed by atoms with Crippen molar-refractivity contribution < 1.29 is 0 Å². The van der Waals surface area contributed by atoms with Crippen molar-refractivity contribution in [2.24, 2.45) is 11.7 Å². The van der Waals surface area contributed by atoms with Gasteiger partial charge in [-0.25, -0.2) is 0 Å². The molecule has 1 rings (SSSR count). The molecule has 1 aromatic rings. The molecule has 0 fully saturated rings. The van der Waals surface area contributed by atoms with E-state index < -0.39 is 0 Å². The molecule has 1 nitrogen and oxygen atoms in total. The van der Waals surface area contributed by atoms with E-state index in [4.69, 9.17) is 5.73 Å². The average molecular weight is 276 g/mol. The van der Waals surface area contributed by atoms with Crippen molar-refractivity contribution in [3.05, 3.63) is 20.8 Å². The van der Waals surface area contributed by atoms with Crippen LogP contribution in [0.15, 0.2) is 15.9 Å². The van der Waals surface area contributed by atoms with Crippen LogP contribution in [-0.4, -0.2) is 6.54 Å². The van der Waals surface area contributed by atoms with Gasteiger partial charge in [0, 0.05) is 14.7 Å². The van der Waals surface area contributed by atoms with Crippen molar-refractivity contribution in [3.63, 3.8) is 0 Å². The lowest BCUT2D eigenvalue weighted by Gasteiger charge is -2.18. The van der Waals surface area contributed by atoms with Crippen molar-refractivity contribution in [1.82, 2.24) is 0 Å². The summed E-state index contributed by atoms with van der Waals surface area (Å²) in [5.74, 6) is 1.38. The van der Waals surface area contributed by atoms with Gasteiger partial charge < -0.3 is 5.73 Å². The maximum Gasteiger partial charge on any atom is 0.0285 e. The highest BCUT2D eigenvalue weighted by molar-refractivity contribution is 9.10. The molecule has 2 N–H and O–H groups in total. The van der Waals surface area contributed by atoms with E-state index in [1.54, 1.807) is 0 Å². The lowest BCUT2D eigenvalue weighted by atomic mass is 9.90. The Labute approximate surface area is 98.8 Å². The molecule has 1 heterocycles. The van der Waals surface area contributed by atoms with Crippen molar-refractivity contribution in [3.8, 4) is 0 Å². The molecule has 80 valence electrons. The highest BCUT2D eigenvalue weighted by atomic mass is 79.9. The van der Waals surface area contributed by atoms with E-state index in [1.165, 1.54) is 15.8 Å². The fraction of sp³-hybridized carbons (Fsp3) is 0.636. The third kappa shape index (κ3) is 3.37. The Kier molecular flexibility index (Phi) is 5.13. The second-order valence-electron chi connectivity index (χ2n) is 3.95. The molecule has 0 aromatic carbocycles. The minimum Gasteiger partial charge on any atom is -0.330 e. The molecular formula is C11H18BrNS. The largest absolute Gasteiger partial charge is 0.330 e. The van der Waals surface area contributed by atoms with Gasteiger partial charge in [0.15, 0.2) is 0 Å². The normalized spacial score (nSPS) is 13.5. The molecule has 0 radical (unpaired) electrons. The van der Waals surface area contributed by atoms with Crippen LogP contribution in [0, 0.1) is 5.92 Å². The third-order valence-corrected chi connectivity index (χ3v) is 4.30. The molecule has 3 heteroatoms. The molecule has 0 saturated carbocycles. The van der Waals surface area contributed by atoms with Gasteiger partial charge in [0.05, 0.1) is 0 Å². The molecule has 1 atom stereocenters. The van der Waals surface area contributed by atoms with Crippen LogP contribution in [0.25, 0.3) is 0 Å². The van der Waals surface area contributed by atoms with Crippen LogP contribution in [0.4, 0.5) is 0 Å². The summed E-state index contributed by atoms with van der Waals surface area (Å²) in [7, 11) is 0. The molecule has 0 spiro atoms. The molecule has 1 aromatic heterocycles. The predicted molar refractivity (Wildman–Crippen MR) is 67.9 cm³/mol. The summed E-state index contributed by atoms with van der Waals surface area (Å²) >= 11 is 5.35. The van der Waals surface area contributed by atoms with E-state index in [1.807, 2.05) is 11.3 Å². The Morgan fingerprint density at radius 3 is 2.64 bits per heavy atom. The maximum atomic E-state index is 5.55. The van der Waals surface area contributed by atoms with Gasteiger partial charge in [-0.1, -0.05) is 13.8 Å². The van der Waals surface area contributed by atoms with Crippen LogP contribution in [0.3, 0.4) is 0 Å². The van der Waals surface area contributed by atoms with Crippen molar-refractivity contribution in [2.75, 3.05) is 6.54 Å². The minimum absolute atomic E-state index is 0.676. The molecule has 0 saturated heterocycles. The van der Waals surface area contributed by atoms with Crippen molar-refractivity contribution >= 4 is 27.3 Å². The SMILES string of the molecule is CC(C)C(CCCN)c1cc(Br)cs1. The fourth-order valence-corrected chi connectivity index (χ4v) is 3.42. The van der Waals surface area contributed by atoms with Gasteiger partial charge in [-0.3, -0.25) is 0 Å². The van der Waals surface area contributed by atoms with Gasteiger partial charge in [-0.2, -0.15) is 0 Å². The zero-order valence-corrected chi connectivity index (χ0v) is 11.2. The highest BCUT2D eigenvalue weighted by Crippen LogP contribution is 2.34. The summed E-state index contributed by atoms with van der Waals surface area (Å²) in [5, 5.41) is 2.16. The topological polar surface area (TPSA) is 26.0 Å². The first-order valence-corrected chi connectivity index (χ1v) is 6.76. The Bertz CT molecular complexity index is 270. The third-order valence-electron chi connectivity index (χ3n) is 2.48. The molecule has 14 heavy (non-hydrogen) atoms. The first-order chi connectivity index (χ1) is 6.65. The van der Waals surface area contributed by atoms with Gasteiger partial charge in [-0.05, 0) is 53.2 Å². The van der Waals surface area contributed by atoms with E-state index in [2.05, 4.69) is 41.2 Å². The lowest BCUT2D eigenvalue weighted by Crippen LogP contribution is -2.08. The first kappa shape index (κ1) is 12.2. The van der Waals surface area contributed by atoms with Crippen LogP contribution in [0.2, 0.25) is 0 Å². The summed E-state index contributed by atoms with van der Waals surface area (Å²) in [5.41, 5.74) is 5.55. The molecule has 0 aliphatic rings. The quantitative estimate of drug-likeness (QED) is 0.864. The maximum absolute atomic E-state index is 5.55. The van der Waals surface area contributed by atoms with Crippen molar-refractivity contribution in [2.45, 2.75) is 32.6 Å². The van der Waals surface area contributed by atoms with Gasteiger partial charge in [0.2, 0.25) is 0 Å². The monoisotopic (exact) mass is 275 g/mol. The summed E-state index contributed by atoms with van der Waals surface area (Å²) in [6, 6.07) is 2.24. The van der Waals surface area contributed by atoms with Crippen LogP contribution < -0.4 is 5.73 Å². The molecule has 0 aliphatic carbocycles. The molecule has 0 aliphatic heterocycles. The second-order valence-corrected chi connectivity index (χ2v) is 5.81. The molecular weight excluding hydrogens is 258 g/mol. The first-order valence-electron chi connectivity index (χ1n) is 5.09. The predicted octanol–water partition coefficient (Wildman–Crippen LogP) is 3.99. The van der Waals surface area contributed by atoms with Crippen LogP contribution in [-0.2, 0) is 0 Å². The molecule has 0 bridgehead atoms. The minimum atomic E-state index is 0.676. The number of rotatable bonds is 5. The second kappa shape index (κ2) is 5.89. The lowest BCUT2D eigenvalue weighted by molar-refractivity contribution is 0.464. The van der Waals surface area contributed by atoms with E-state index >= 15 is 0 Å². The molecule has 0 amide bonds. The number of hydrogen-bond acceptors (Lipinski definition) is 2. The van der Waals surface area contributed by atoms with Crippen LogP contribution >= 0.6 is 27.3 Å². The zero-order valence-electron chi connectivity index (χ0n) is 8.79. The van der Waals surface area contributed by atoms with E-state index in [9.17, 15) is 0 Å². The number of halogens is 1. The standard InChI is InChI=1S/C11H18BrNS/c1-8(2)10(4-3-5-13)11-6-9(12)7-14-11/h6-8,10H,3-5,13H2,1-2H3. The number of nitrogens with two attached hydrogens (primary N) is 1. The Hall–Kier alpha value is 0.140.